The molecular formula is C16H21NO3. The summed E-state index contributed by atoms with van der Waals surface area (Å²) in [6, 6.07) is 9.43. The summed E-state index contributed by atoms with van der Waals surface area (Å²) < 4.78 is 5.69. The molecule has 1 aromatic rings. The molecule has 2 aliphatic rings. The molecule has 1 aromatic carbocycles. The standard InChI is InChI=1S/C16H21NO3/c1-10(2)13-9-14-17(12-7-5-4-6-8-12)15(18)16(19,20-14)11(13)3/h4-8,10-11,13-14,19H,9H2,1-3H3/t11-,13+,14+,16-/m1/s1. The first kappa shape index (κ1) is 13.6. The SMILES string of the molecule is CC(C)[C@@H]1C[C@@H]2O[C@@](O)(C(=O)N2c2ccccc2)[C@@H]1C. The smallest absolute Gasteiger partial charge is 0.289 e. The first-order chi connectivity index (χ1) is 9.45. The number of carbonyl (C=O) groups excluding carboxylic acids is 1. The predicted molar refractivity (Wildman–Crippen MR) is 75.9 cm³/mol. The second-order valence-corrected chi connectivity index (χ2v) is 6.21. The molecule has 2 fully saturated rings. The van der Waals surface area contributed by atoms with Crippen molar-refractivity contribution in [3.63, 3.8) is 0 Å². The van der Waals surface area contributed by atoms with Gasteiger partial charge in [-0.2, -0.15) is 0 Å². The molecule has 1 N–H and O–H groups in total. The highest BCUT2D eigenvalue weighted by Crippen LogP contribution is 2.47. The van der Waals surface area contributed by atoms with Crippen LogP contribution in [0, 0.1) is 17.8 Å². The van der Waals surface area contributed by atoms with Crippen LogP contribution in [-0.2, 0) is 9.53 Å². The van der Waals surface area contributed by atoms with Gasteiger partial charge in [0.25, 0.3) is 11.7 Å². The second kappa shape index (κ2) is 4.57. The number of nitrogens with zero attached hydrogens (tertiary/aromatic N) is 1. The van der Waals surface area contributed by atoms with E-state index in [0.29, 0.717) is 5.92 Å². The van der Waals surface area contributed by atoms with Crippen molar-refractivity contribution >= 4 is 11.6 Å². The summed E-state index contributed by atoms with van der Waals surface area (Å²) >= 11 is 0. The van der Waals surface area contributed by atoms with Crippen LogP contribution in [0.4, 0.5) is 5.69 Å². The maximum Gasteiger partial charge on any atom is 0.289 e. The van der Waals surface area contributed by atoms with Crippen LogP contribution in [0.1, 0.15) is 27.2 Å². The van der Waals surface area contributed by atoms with Crippen molar-refractivity contribution in [2.24, 2.45) is 17.8 Å². The fourth-order valence-corrected chi connectivity index (χ4v) is 3.52. The minimum absolute atomic E-state index is 0.194. The highest BCUT2D eigenvalue weighted by atomic mass is 16.7. The van der Waals surface area contributed by atoms with E-state index < -0.39 is 5.79 Å². The van der Waals surface area contributed by atoms with Crippen molar-refractivity contribution in [1.29, 1.82) is 0 Å². The second-order valence-electron chi connectivity index (χ2n) is 6.21. The molecule has 0 unspecified atom stereocenters. The van der Waals surface area contributed by atoms with Gasteiger partial charge in [-0.05, 0) is 30.4 Å². The highest BCUT2D eigenvalue weighted by molar-refractivity contribution is 6.01. The van der Waals surface area contributed by atoms with Crippen LogP contribution in [0.25, 0.3) is 0 Å². The van der Waals surface area contributed by atoms with Crippen LogP contribution in [0.5, 0.6) is 0 Å². The van der Waals surface area contributed by atoms with E-state index in [1.165, 1.54) is 0 Å². The van der Waals surface area contributed by atoms with Crippen LogP contribution in [0.3, 0.4) is 0 Å². The molecule has 0 saturated carbocycles. The number of hydrogen-bond acceptors (Lipinski definition) is 3. The summed E-state index contributed by atoms with van der Waals surface area (Å²) in [6.07, 6.45) is 0.403. The lowest BCUT2D eigenvalue weighted by atomic mass is 9.76. The molecule has 4 heteroatoms. The van der Waals surface area contributed by atoms with Crippen molar-refractivity contribution in [1.82, 2.24) is 0 Å². The third kappa shape index (κ3) is 1.79. The molecule has 4 atom stereocenters. The lowest BCUT2D eigenvalue weighted by molar-refractivity contribution is -0.251. The van der Waals surface area contributed by atoms with E-state index in [1.54, 1.807) is 4.90 Å². The number of ether oxygens (including phenoxy) is 1. The van der Waals surface area contributed by atoms with Gasteiger partial charge in [-0.25, -0.2) is 0 Å². The Morgan fingerprint density at radius 2 is 2.00 bits per heavy atom. The average molecular weight is 275 g/mol. The molecule has 3 rings (SSSR count). The highest BCUT2D eigenvalue weighted by Gasteiger charge is 2.61. The molecular weight excluding hydrogens is 254 g/mol. The van der Waals surface area contributed by atoms with Gasteiger partial charge in [-0.15, -0.1) is 0 Å². The van der Waals surface area contributed by atoms with Gasteiger partial charge < -0.3 is 9.84 Å². The lowest BCUT2D eigenvalue weighted by Crippen LogP contribution is -2.50. The Bertz CT molecular complexity index is 516. The number of hydrogen-bond donors (Lipinski definition) is 1. The maximum absolute atomic E-state index is 12.6. The van der Waals surface area contributed by atoms with Crippen LogP contribution in [0.2, 0.25) is 0 Å². The number of carbonyl (C=O) groups is 1. The van der Waals surface area contributed by atoms with E-state index >= 15 is 0 Å². The van der Waals surface area contributed by atoms with Gasteiger partial charge in [0.15, 0.2) is 0 Å². The Morgan fingerprint density at radius 3 is 2.60 bits per heavy atom. The molecule has 0 aromatic heterocycles. The number of rotatable bonds is 2. The summed E-state index contributed by atoms with van der Waals surface area (Å²) in [6.45, 7) is 6.17. The quantitative estimate of drug-likeness (QED) is 0.901. The molecule has 4 nitrogen and oxygen atoms in total. The zero-order valence-electron chi connectivity index (χ0n) is 12.1. The zero-order valence-corrected chi connectivity index (χ0v) is 12.1. The van der Waals surface area contributed by atoms with Crippen LogP contribution in [0.15, 0.2) is 30.3 Å². The third-order valence-electron chi connectivity index (χ3n) is 4.75. The average Bonchev–Trinajstić information content (AvgIpc) is 2.64. The molecule has 0 spiro atoms. The Balaban J connectivity index is 2.00. The van der Waals surface area contributed by atoms with Gasteiger partial charge in [0.2, 0.25) is 0 Å². The largest absolute Gasteiger partial charge is 0.358 e. The lowest BCUT2D eigenvalue weighted by Gasteiger charge is -2.39. The molecule has 2 aliphatic heterocycles. The molecule has 1 amide bonds. The van der Waals surface area contributed by atoms with Crippen molar-refractivity contribution in [3.8, 4) is 0 Å². The summed E-state index contributed by atoms with van der Waals surface area (Å²) in [5.41, 5.74) is 0.787. The monoisotopic (exact) mass is 275 g/mol. The van der Waals surface area contributed by atoms with Crippen LogP contribution >= 0.6 is 0 Å². The van der Waals surface area contributed by atoms with Gasteiger partial charge in [0.05, 0.1) is 0 Å². The normalized spacial score (nSPS) is 36.8. The Morgan fingerprint density at radius 1 is 1.35 bits per heavy atom. The molecule has 20 heavy (non-hydrogen) atoms. The Kier molecular flexibility index (Phi) is 3.10. The number of fused-ring (bicyclic) bond motifs is 2. The molecule has 2 bridgehead atoms. The van der Waals surface area contributed by atoms with Crippen LogP contribution in [-0.4, -0.2) is 23.0 Å². The molecule has 0 radical (unpaired) electrons. The van der Waals surface area contributed by atoms with Gasteiger partial charge in [0, 0.05) is 11.6 Å². The Hall–Kier alpha value is -1.39. The first-order valence-electron chi connectivity index (χ1n) is 7.24. The van der Waals surface area contributed by atoms with Crippen LogP contribution < -0.4 is 4.90 Å². The number of amides is 1. The molecule has 108 valence electrons. The summed E-state index contributed by atoms with van der Waals surface area (Å²) in [5.74, 6) is -1.51. The van der Waals surface area contributed by atoms with Gasteiger partial charge in [0.1, 0.15) is 6.23 Å². The van der Waals surface area contributed by atoms with Crippen molar-refractivity contribution < 1.29 is 14.6 Å². The first-order valence-corrected chi connectivity index (χ1v) is 7.24. The number of aliphatic hydroxyl groups is 1. The van der Waals surface area contributed by atoms with Gasteiger partial charge in [-0.1, -0.05) is 39.0 Å². The summed E-state index contributed by atoms with van der Waals surface area (Å²) in [7, 11) is 0. The van der Waals surface area contributed by atoms with E-state index in [2.05, 4.69) is 13.8 Å². The zero-order chi connectivity index (χ0) is 14.5. The summed E-state index contributed by atoms with van der Waals surface area (Å²) in [4.78, 5) is 14.2. The number of benzene rings is 1. The molecule has 0 aliphatic carbocycles. The van der Waals surface area contributed by atoms with E-state index in [9.17, 15) is 9.90 Å². The minimum atomic E-state index is -1.67. The van der Waals surface area contributed by atoms with E-state index in [4.69, 9.17) is 4.74 Å². The fourth-order valence-electron chi connectivity index (χ4n) is 3.52. The number of anilines is 1. The predicted octanol–water partition coefficient (Wildman–Crippen LogP) is 2.38. The van der Waals surface area contributed by atoms with Crippen molar-refractivity contribution in [3.05, 3.63) is 30.3 Å². The number of para-hydroxylation sites is 1. The van der Waals surface area contributed by atoms with Crippen molar-refractivity contribution in [2.75, 3.05) is 4.90 Å². The summed E-state index contributed by atoms with van der Waals surface area (Å²) in [5, 5.41) is 10.7. The van der Waals surface area contributed by atoms with Gasteiger partial charge in [-0.3, -0.25) is 9.69 Å². The Labute approximate surface area is 119 Å². The van der Waals surface area contributed by atoms with Gasteiger partial charge >= 0.3 is 0 Å². The molecule has 2 heterocycles. The van der Waals surface area contributed by atoms with E-state index in [-0.39, 0.29) is 24.0 Å². The third-order valence-corrected chi connectivity index (χ3v) is 4.75. The topological polar surface area (TPSA) is 49.8 Å². The van der Waals surface area contributed by atoms with Crippen molar-refractivity contribution in [2.45, 2.75) is 39.2 Å². The molecule has 2 saturated heterocycles. The minimum Gasteiger partial charge on any atom is -0.358 e. The fraction of sp³-hybridized carbons (Fsp3) is 0.562. The maximum atomic E-state index is 12.6. The van der Waals surface area contributed by atoms with E-state index in [1.807, 2.05) is 37.3 Å². The van der Waals surface area contributed by atoms with E-state index in [0.717, 1.165) is 12.1 Å².